The van der Waals surface area contributed by atoms with Gasteiger partial charge < -0.3 is 25.4 Å². The van der Waals surface area contributed by atoms with E-state index in [4.69, 9.17) is 4.74 Å². The first-order chi connectivity index (χ1) is 20.4. The zero-order valence-corrected chi connectivity index (χ0v) is 28.8. The first-order valence-corrected chi connectivity index (χ1v) is 16.3. The number of rotatable bonds is 20. The van der Waals surface area contributed by atoms with Crippen LogP contribution in [-0.2, 0) is 4.79 Å². The highest BCUT2D eigenvalue weighted by Crippen LogP contribution is 2.34. The summed E-state index contributed by atoms with van der Waals surface area (Å²) in [5.74, 6) is 1.28. The summed E-state index contributed by atoms with van der Waals surface area (Å²) in [5, 5.41) is 16.6. The van der Waals surface area contributed by atoms with Crippen molar-refractivity contribution in [3.8, 4) is 5.75 Å². The number of carbonyl (C=O) groups is 1. The van der Waals surface area contributed by atoms with Gasteiger partial charge in [-0.05, 0) is 61.9 Å². The summed E-state index contributed by atoms with van der Waals surface area (Å²) in [6.45, 7) is 13.0. The molecule has 0 bridgehead atoms. The molecular formula is C35H58Cl2N4O3. The van der Waals surface area contributed by atoms with Gasteiger partial charge in [0, 0.05) is 57.9 Å². The summed E-state index contributed by atoms with van der Waals surface area (Å²) >= 11 is 0. The number of ether oxygens (including phenoxy) is 1. The summed E-state index contributed by atoms with van der Waals surface area (Å²) in [5.41, 5.74) is 2.57. The molecule has 7 nitrogen and oxygen atoms in total. The Hall–Kier alpha value is -2.03. The average Bonchev–Trinajstić information content (AvgIpc) is 3.00. The molecule has 2 aromatic carbocycles. The number of hydrogen-bond acceptors (Lipinski definition) is 6. The standard InChI is InChI=1S/C35H56N4O3.2ClH/c1-29(2)37-27-33(41)28-42-35-20-12-11-19-34(35)31(16-14-21-36-30(3)40)15-8-5-4-6-13-22-38-23-25-39(26-24-38)32-17-9-7-10-18-32;;/h7,9-12,17-20,29,31,33,37,41H,4-6,8,13-16,21-28H2,1-3H3,(H,36,40);2*1H. The Kier molecular flexibility index (Phi) is 21.2. The first kappa shape index (κ1) is 40.0. The Morgan fingerprint density at radius 3 is 2.20 bits per heavy atom. The third kappa shape index (κ3) is 15.8. The van der Waals surface area contributed by atoms with E-state index in [-0.39, 0.29) is 37.3 Å². The second-order valence-electron chi connectivity index (χ2n) is 12.1. The van der Waals surface area contributed by atoms with E-state index >= 15 is 0 Å². The number of nitrogens with one attached hydrogen (secondary N) is 2. The van der Waals surface area contributed by atoms with E-state index in [2.05, 4.69) is 76.7 Å². The number of piperazine rings is 1. The smallest absolute Gasteiger partial charge is 0.216 e. The number of aliphatic hydroxyl groups excluding tert-OH is 1. The highest BCUT2D eigenvalue weighted by Gasteiger charge is 2.18. The van der Waals surface area contributed by atoms with Crippen molar-refractivity contribution in [2.75, 3.05) is 57.3 Å². The Balaban J connectivity index is 0.00000484. The zero-order chi connectivity index (χ0) is 30.0. The molecule has 9 heteroatoms. The molecule has 2 aromatic rings. The summed E-state index contributed by atoms with van der Waals surface area (Å²) in [7, 11) is 0. The normalized spacial score (nSPS) is 14.8. The Bertz CT molecular complexity index is 1010. The van der Waals surface area contributed by atoms with Crippen molar-refractivity contribution in [3.63, 3.8) is 0 Å². The Morgan fingerprint density at radius 1 is 0.864 bits per heavy atom. The lowest BCUT2D eigenvalue weighted by atomic mass is 9.88. The summed E-state index contributed by atoms with van der Waals surface area (Å²) in [6.07, 6.45) is 8.78. The number of amides is 1. The van der Waals surface area contributed by atoms with Gasteiger partial charge in [0.2, 0.25) is 5.91 Å². The molecule has 1 aliphatic rings. The van der Waals surface area contributed by atoms with Crippen LogP contribution in [0.5, 0.6) is 5.75 Å². The van der Waals surface area contributed by atoms with Gasteiger partial charge in [-0.25, -0.2) is 0 Å². The van der Waals surface area contributed by atoms with Gasteiger partial charge in [-0.15, -0.1) is 24.8 Å². The number of halogens is 2. The van der Waals surface area contributed by atoms with Gasteiger partial charge in [0.15, 0.2) is 0 Å². The number of anilines is 1. The molecule has 44 heavy (non-hydrogen) atoms. The van der Waals surface area contributed by atoms with E-state index in [0.29, 0.717) is 25.0 Å². The quantitative estimate of drug-likeness (QED) is 0.143. The molecule has 3 rings (SSSR count). The van der Waals surface area contributed by atoms with Crippen LogP contribution in [0.25, 0.3) is 0 Å². The van der Waals surface area contributed by atoms with Crippen LogP contribution in [0.2, 0.25) is 0 Å². The minimum atomic E-state index is -0.550. The fraction of sp³-hybridized carbons (Fsp3) is 0.629. The molecule has 1 aliphatic heterocycles. The molecule has 1 amide bonds. The summed E-state index contributed by atoms with van der Waals surface area (Å²) in [4.78, 5) is 16.5. The topological polar surface area (TPSA) is 77.1 Å². The maximum atomic E-state index is 11.4. The number of carbonyl (C=O) groups excluding carboxylic acids is 1. The van der Waals surface area contributed by atoms with E-state index < -0.39 is 6.10 Å². The highest BCUT2D eigenvalue weighted by molar-refractivity contribution is 5.85. The number of benzene rings is 2. The van der Waals surface area contributed by atoms with Crippen molar-refractivity contribution in [2.45, 2.75) is 90.2 Å². The van der Waals surface area contributed by atoms with Crippen LogP contribution >= 0.6 is 24.8 Å². The maximum Gasteiger partial charge on any atom is 0.216 e. The first-order valence-electron chi connectivity index (χ1n) is 16.3. The van der Waals surface area contributed by atoms with Crippen LogP contribution in [0.1, 0.15) is 83.6 Å². The maximum absolute atomic E-state index is 11.4. The van der Waals surface area contributed by atoms with Gasteiger partial charge in [0.25, 0.3) is 0 Å². The number of hydrogen-bond donors (Lipinski definition) is 3. The molecule has 1 heterocycles. The van der Waals surface area contributed by atoms with E-state index in [1.165, 1.54) is 49.9 Å². The third-order valence-electron chi connectivity index (χ3n) is 8.18. The lowest BCUT2D eigenvalue weighted by Gasteiger charge is -2.36. The van der Waals surface area contributed by atoms with Gasteiger partial charge in [-0.2, -0.15) is 0 Å². The monoisotopic (exact) mass is 652 g/mol. The molecule has 250 valence electrons. The molecule has 2 unspecified atom stereocenters. The van der Waals surface area contributed by atoms with E-state index in [9.17, 15) is 9.90 Å². The van der Waals surface area contributed by atoms with Crippen LogP contribution in [0, 0.1) is 0 Å². The van der Waals surface area contributed by atoms with Crippen LogP contribution in [0.15, 0.2) is 54.6 Å². The zero-order valence-electron chi connectivity index (χ0n) is 27.2. The minimum Gasteiger partial charge on any atom is -0.491 e. The largest absolute Gasteiger partial charge is 0.491 e. The van der Waals surface area contributed by atoms with Crippen LogP contribution in [-0.4, -0.2) is 80.5 Å². The van der Waals surface area contributed by atoms with Crippen molar-refractivity contribution in [3.05, 3.63) is 60.2 Å². The van der Waals surface area contributed by atoms with Gasteiger partial charge in [-0.3, -0.25) is 9.69 Å². The Labute approximate surface area is 279 Å². The second-order valence-corrected chi connectivity index (χ2v) is 12.1. The predicted molar refractivity (Wildman–Crippen MR) is 189 cm³/mol. The van der Waals surface area contributed by atoms with Gasteiger partial charge in [-0.1, -0.05) is 75.9 Å². The second kappa shape index (κ2) is 23.3. The summed E-state index contributed by atoms with van der Waals surface area (Å²) in [6, 6.07) is 19.4. The highest BCUT2D eigenvalue weighted by atomic mass is 35.5. The molecule has 0 spiro atoms. The van der Waals surface area contributed by atoms with Gasteiger partial charge in [0.05, 0.1) is 0 Å². The number of unbranched alkanes of at least 4 members (excludes halogenated alkanes) is 4. The molecule has 2 atom stereocenters. The SMILES string of the molecule is CC(=O)NCCCC(CCCCCCCN1CCN(c2ccccc2)CC1)c1ccccc1OCC(O)CNC(C)C.Cl.Cl. The Morgan fingerprint density at radius 2 is 1.50 bits per heavy atom. The van der Waals surface area contributed by atoms with Crippen LogP contribution < -0.4 is 20.3 Å². The number of para-hydroxylation sites is 2. The molecule has 1 fully saturated rings. The van der Waals surface area contributed by atoms with Gasteiger partial charge >= 0.3 is 0 Å². The van der Waals surface area contributed by atoms with E-state index in [1.807, 2.05) is 12.1 Å². The van der Waals surface area contributed by atoms with Crippen LogP contribution in [0.4, 0.5) is 5.69 Å². The van der Waals surface area contributed by atoms with Gasteiger partial charge in [0.1, 0.15) is 18.5 Å². The van der Waals surface area contributed by atoms with Crippen molar-refractivity contribution < 1.29 is 14.6 Å². The van der Waals surface area contributed by atoms with Crippen LogP contribution in [0.3, 0.4) is 0 Å². The van der Waals surface area contributed by atoms with E-state index in [1.54, 1.807) is 6.92 Å². The minimum absolute atomic E-state index is 0. The molecule has 0 aliphatic carbocycles. The van der Waals surface area contributed by atoms with Crippen molar-refractivity contribution in [1.29, 1.82) is 0 Å². The van der Waals surface area contributed by atoms with Crippen molar-refractivity contribution in [1.82, 2.24) is 15.5 Å². The predicted octanol–water partition coefficient (Wildman–Crippen LogP) is 6.43. The fourth-order valence-corrected chi connectivity index (χ4v) is 5.76. The molecule has 1 saturated heterocycles. The molecule has 0 saturated carbocycles. The fourth-order valence-electron chi connectivity index (χ4n) is 5.76. The van der Waals surface area contributed by atoms with Crippen molar-refractivity contribution in [2.24, 2.45) is 0 Å². The van der Waals surface area contributed by atoms with E-state index in [0.717, 1.165) is 51.2 Å². The molecule has 0 radical (unpaired) electrons. The molecular weight excluding hydrogens is 595 g/mol. The van der Waals surface area contributed by atoms with Crippen molar-refractivity contribution >= 4 is 36.4 Å². The number of nitrogens with zero attached hydrogens (tertiary/aromatic N) is 2. The lowest BCUT2D eigenvalue weighted by Crippen LogP contribution is -2.46. The lowest BCUT2D eigenvalue weighted by molar-refractivity contribution is -0.118. The third-order valence-corrected chi connectivity index (χ3v) is 8.18. The molecule has 0 aromatic heterocycles. The molecule has 3 N–H and O–H groups in total. The summed E-state index contributed by atoms with van der Waals surface area (Å²) < 4.78 is 6.14. The number of aliphatic hydroxyl groups is 1. The average molecular weight is 654 g/mol.